The Kier molecular flexibility index (Phi) is 4.57. The van der Waals surface area contributed by atoms with E-state index in [4.69, 9.17) is 9.68 Å². The highest BCUT2D eigenvalue weighted by atomic mass is 16.7. The number of nitrogens with zero attached hydrogens (tertiary/aromatic N) is 4. The molecule has 0 saturated heterocycles. The first-order valence-electron chi connectivity index (χ1n) is 9.20. The summed E-state index contributed by atoms with van der Waals surface area (Å²) in [6.45, 7) is 0. The fourth-order valence-electron chi connectivity index (χ4n) is 3.32. The van der Waals surface area contributed by atoms with Gasteiger partial charge in [-0.1, -0.05) is 10.1 Å². The molecular weight excluding hydrogens is 424 g/mol. The lowest BCUT2D eigenvalue weighted by molar-refractivity contribution is -0.0581. The standard InChI is InChI=1S/C20H16N4O8/c1-21(2)19(29)31-23-15(25)9-5-7-11-14-12(8-6-10(13(9)14)16(23)26)18(28)24(17(11)27)32-20(30)22(3)4/h5-8H,1-4H3. The van der Waals surface area contributed by atoms with Gasteiger partial charge >= 0.3 is 12.2 Å². The van der Waals surface area contributed by atoms with Crippen molar-refractivity contribution in [2.75, 3.05) is 28.2 Å². The van der Waals surface area contributed by atoms with Gasteiger partial charge in [0.05, 0.1) is 22.3 Å². The molecular formula is C20H16N4O8. The van der Waals surface area contributed by atoms with E-state index in [2.05, 4.69) is 0 Å². The summed E-state index contributed by atoms with van der Waals surface area (Å²) in [5.41, 5.74) is -0.144. The van der Waals surface area contributed by atoms with Crippen molar-refractivity contribution < 1.29 is 38.4 Å². The predicted octanol–water partition coefficient (Wildman–Crippen LogP) is 1.26. The molecule has 12 nitrogen and oxygen atoms in total. The monoisotopic (exact) mass is 440 g/mol. The summed E-state index contributed by atoms with van der Waals surface area (Å²) in [7, 11) is 5.53. The van der Waals surface area contributed by atoms with Crippen molar-refractivity contribution in [1.29, 1.82) is 0 Å². The van der Waals surface area contributed by atoms with Crippen molar-refractivity contribution in [2.45, 2.75) is 0 Å². The van der Waals surface area contributed by atoms with Gasteiger partial charge in [0.2, 0.25) is 0 Å². The first-order valence-corrected chi connectivity index (χ1v) is 9.20. The van der Waals surface area contributed by atoms with Crippen molar-refractivity contribution in [3.8, 4) is 0 Å². The maximum atomic E-state index is 12.9. The van der Waals surface area contributed by atoms with Crippen molar-refractivity contribution in [2.24, 2.45) is 0 Å². The van der Waals surface area contributed by atoms with E-state index in [0.717, 1.165) is 9.80 Å². The molecule has 4 rings (SSSR count). The minimum absolute atomic E-state index is 0.0360. The fourth-order valence-corrected chi connectivity index (χ4v) is 3.32. The van der Waals surface area contributed by atoms with Crippen molar-refractivity contribution in [3.63, 3.8) is 0 Å². The Labute approximate surface area is 180 Å². The highest BCUT2D eigenvalue weighted by Crippen LogP contribution is 2.38. The Morgan fingerprint density at radius 2 is 0.844 bits per heavy atom. The summed E-state index contributed by atoms with van der Waals surface area (Å²) in [5.74, 6) is -3.71. The SMILES string of the molecule is CN(C)C(=O)ON1C(=O)c2ccc3c4c(ccc(c24)C1=O)C(=O)N(OC(=O)N(C)C)C3=O. The largest absolute Gasteiger partial charge is 0.434 e. The van der Waals surface area contributed by atoms with Gasteiger partial charge in [0.15, 0.2) is 0 Å². The van der Waals surface area contributed by atoms with Crippen LogP contribution in [0.3, 0.4) is 0 Å². The topological polar surface area (TPSA) is 134 Å². The molecule has 0 fully saturated rings. The van der Waals surface area contributed by atoms with Crippen LogP contribution in [0.4, 0.5) is 9.59 Å². The normalized spacial score (nSPS) is 14.6. The van der Waals surface area contributed by atoms with Gasteiger partial charge < -0.3 is 19.5 Å². The van der Waals surface area contributed by atoms with Gasteiger partial charge in [-0.3, -0.25) is 19.2 Å². The Morgan fingerprint density at radius 3 is 1.06 bits per heavy atom. The minimum atomic E-state index is -0.940. The van der Waals surface area contributed by atoms with Crippen molar-refractivity contribution in [3.05, 3.63) is 46.5 Å². The molecule has 0 bridgehead atoms. The number of carbonyl (C=O) groups excluding carboxylic acids is 6. The van der Waals surface area contributed by atoms with Crippen LogP contribution in [-0.4, -0.2) is 83.9 Å². The van der Waals surface area contributed by atoms with Gasteiger partial charge in [-0.05, 0) is 24.3 Å². The molecule has 2 aromatic rings. The predicted molar refractivity (Wildman–Crippen MR) is 105 cm³/mol. The van der Waals surface area contributed by atoms with Crippen LogP contribution >= 0.6 is 0 Å². The minimum Gasteiger partial charge on any atom is -0.312 e. The Balaban J connectivity index is 1.85. The fraction of sp³-hybridized carbons (Fsp3) is 0.200. The number of carbonyl (C=O) groups is 6. The molecule has 164 valence electrons. The first kappa shape index (κ1) is 20.8. The second-order valence-corrected chi connectivity index (χ2v) is 7.38. The number of hydrogen-bond acceptors (Lipinski definition) is 8. The first-order chi connectivity index (χ1) is 15.0. The van der Waals surface area contributed by atoms with E-state index in [1.54, 1.807) is 0 Å². The molecule has 0 spiro atoms. The lowest BCUT2D eigenvalue weighted by atomic mass is 9.87. The summed E-state index contributed by atoms with van der Waals surface area (Å²) in [6, 6.07) is 5.09. The number of rotatable bonds is 2. The third kappa shape index (κ3) is 2.84. The van der Waals surface area contributed by atoms with E-state index < -0.39 is 35.8 Å². The van der Waals surface area contributed by atoms with E-state index >= 15 is 0 Å². The van der Waals surface area contributed by atoms with E-state index in [0.29, 0.717) is 10.1 Å². The van der Waals surface area contributed by atoms with Gasteiger partial charge in [-0.15, -0.1) is 0 Å². The molecule has 12 heteroatoms. The van der Waals surface area contributed by atoms with E-state index in [-0.39, 0.29) is 33.0 Å². The second kappa shape index (κ2) is 7.04. The third-order valence-electron chi connectivity index (χ3n) is 4.89. The van der Waals surface area contributed by atoms with Crippen LogP contribution in [0.25, 0.3) is 10.8 Å². The summed E-state index contributed by atoms with van der Waals surface area (Å²) in [5, 5.41) is 0.818. The molecule has 2 aromatic carbocycles. The second-order valence-electron chi connectivity index (χ2n) is 7.38. The molecule has 0 unspecified atom stereocenters. The van der Waals surface area contributed by atoms with Crippen LogP contribution in [-0.2, 0) is 9.68 Å². The zero-order valence-corrected chi connectivity index (χ0v) is 17.4. The van der Waals surface area contributed by atoms with Crippen LogP contribution in [0.2, 0.25) is 0 Å². The van der Waals surface area contributed by atoms with Crippen LogP contribution in [0, 0.1) is 0 Å². The molecule has 0 atom stereocenters. The van der Waals surface area contributed by atoms with Gasteiger partial charge in [0.1, 0.15) is 0 Å². The van der Waals surface area contributed by atoms with Crippen LogP contribution < -0.4 is 0 Å². The maximum Gasteiger partial charge on any atom is 0.434 e. The van der Waals surface area contributed by atoms with Crippen LogP contribution in [0.1, 0.15) is 41.4 Å². The average molecular weight is 440 g/mol. The summed E-state index contributed by atoms with van der Waals surface area (Å²) in [6.07, 6.45) is -1.88. The molecule has 32 heavy (non-hydrogen) atoms. The number of hydroxylamine groups is 4. The van der Waals surface area contributed by atoms with Gasteiger partial charge in [-0.2, -0.15) is 0 Å². The summed E-state index contributed by atoms with van der Waals surface area (Å²) >= 11 is 0. The average Bonchev–Trinajstić information content (AvgIpc) is 2.75. The molecule has 0 saturated carbocycles. The van der Waals surface area contributed by atoms with Crippen LogP contribution in [0.15, 0.2) is 24.3 Å². The van der Waals surface area contributed by atoms with Gasteiger partial charge in [-0.25, -0.2) is 9.59 Å². The number of amides is 6. The zero-order valence-electron chi connectivity index (χ0n) is 17.4. The molecule has 2 heterocycles. The molecule has 0 radical (unpaired) electrons. The molecule has 2 aliphatic rings. The summed E-state index contributed by atoms with van der Waals surface area (Å²) < 4.78 is 0. The third-order valence-corrected chi connectivity index (χ3v) is 4.89. The number of benzene rings is 2. The lowest BCUT2D eigenvalue weighted by Gasteiger charge is -2.30. The van der Waals surface area contributed by atoms with E-state index in [1.807, 2.05) is 0 Å². The Bertz CT molecular complexity index is 1100. The zero-order chi connectivity index (χ0) is 23.5. The lowest BCUT2D eigenvalue weighted by Crippen LogP contribution is -2.46. The number of imide groups is 2. The molecule has 0 aromatic heterocycles. The van der Waals surface area contributed by atoms with Crippen molar-refractivity contribution in [1.82, 2.24) is 19.9 Å². The van der Waals surface area contributed by atoms with E-state index in [1.165, 1.54) is 52.5 Å². The maximum absolute atomic E-state index is 12.9. The molecule has 0 aliphatic carbocycles. The van der Waals surface area contributed by atoms with Gasteiger partial charge in [0.25, 0.3) is 23.6 Å². The smallest absolute Gasteiger partial charge is 0.312 e. The molecule has 6 amide bonds. The Morgan fingerprint density at radius 1 is 0.594 bits per heavy atom. The van der Waals surface area contributed by atoms with Crippen LogP contribution in [0.5, 0.6) is 0 Å². The quantitative estimate of drug-likeness (QED) is 0.637. The molecule has 2 aliphatic heterocycles. The molecule has 0 N–H and O–H groups in total. The highest BCUT2D eigenvalue weighted by molar-refractivity contribution is 6.32. The van der Waals surface area contributed by atoms with E-state index in [9.17, 15) is 28.8 Å². The summed E-state index contributed by atoms with van der Waals surface area (Å²) in [4.78, 5) is 87.3. The number of hydrogen-bond donors (Lipinski definition) is 0. The van der Waals surface area contributed by atoms with Gasteiger partial charge in [0, 0.05) is 39.0 Å². The van der Waals surface area contributed by atoms with Crippen molar-refractivity contribution >= 4 is 46.6 Å². The Hall–Kier alpha value is -4.48. The highest BCUT2D eigenvalue weighted by Gasteiger charge is 2.42.